The SMILES string of the molecule is O=C(NC(=S)Nc1cc(Cl)ccc1N1CCN(C(=O)/C=C/c2ccccc2)CC1)c1ccc(F)cc1. The highest BCUT2D eigenvalue weighted by Crippen LogP contribution is 2.30. The van der Waals surface area contributed by atoms with Crippen molar-refractivity contribution in [1.82, 2.24) is 10.2 Å². The second-order valence-electron chi connectivity index (χ2n) is 8.13. The van der Waals surface area contributed by atoms with Gasteiger partial charge in [-0.2, -0.15) is 0 Å². The van der Waals surface area contributed by atoms with Crippen molar-refractivity contribution < 1.29 is 14.0 Å². The van der Waals surface area contributed by atoms with E-state index in [9.17, 15) is 14.0 Å². The highest BCUT2D eigenvalue weighted by Gasteiger charge is 2.22. The lowest BCUT2D eigenvalue weighted by molar-refractivity contribution is -0.126. The molecule has 2 amide bonds. The number of halogens is 2. The van der Waals surface area contributed by atoms with Crippen LogP contribution in [0.15, 0.2) is 78.9 Å². The summed E-state index contributed by atoms with van der Waals surface area (Å²) in [5.41, 5.74) is 2.75. The van der Waals surface area contributed by atoms with E-state index in [2.05, 4.69) is 15.5 Å². The smallest absolute Gasteiger partial charge is 0.257 e. The van der Waals surface area contributed by atoms with E-state index >= 15 is 0 Å². The molecule has 9 heteroatoms. The number of rotatable bonds is 5. The van der Waals surface area contributed by atoms with Crippen LogP contribution in [0.5, 0.6) is 0 Å². The van der Waals surface area contributed by atoms with E-state index < -0.39 is 11.7 Å². The summed E-state index contributed by atoms with van der Waals surface area (Å²) in [5, 5.41) is 6.24. The Morgan fingerprint density at radius 1 is 0.944 bits per heavy atom. The van der Waals surface area contributed by atoms with Gasteiger partial charge in [0, 0.05) is 42.8 Å². The fraction of sp³-hybridized carbons (Fsp3) is 0.148. The zero-order valence-corrected chi connectivity index (χ0v) is 20.9. The van der Waals surface area contributed by atoms with Gasteiger partial charge in [0.15, 0.2) is 5.11 Å². The number of hydrogen-bond donors (Lipinski definition) is 2. The van der Waals surface area contributed by atoms with Crippen molar-refractivity contribution in [1.29, 1.82) is 0 Å². The number of benzene rings is 3. The maximum absolute atomic E-state index is 13.1. The second kappa shape index (κ2) is 11.8. The van der Waals surface area contributed by atoms with Crippen LogP contribution in [0.1, 0.15) is 15.9 Å². The number of carbonyl (C=O) groups is 2. The summed E-state index contributed by atoms with van der Waals surface area (Å²) in [5.74, 6) is -0.908. The molecule has 6 nitrogen and oxygen atoms in total. The van der Waals surface area contributed by atoms with Crippen LogP contribution in [0.2, 0.25) is 5.02 Å². The predicted octanol–water partition coefficient (Wildman–Crippen LogP) is 4.97. The number of hydrogen-bond acceptors (Lipinski definition) is 4. The van der Waals surface area contributed by atoms with E-state index in [1.807, 2.05) is 47.4 Å². The Bertz CT molecular complexity index is 1280. The molecule has 0 atom stereocenters. The first-order valence-electron chi connectivity index (χ1n) is 11.3. The fourth-order valence-electron chi connectivity index (χ4n) is 3.82. The molecule has 1 aliphatic heterocycles. The summed E-state index contributed by atoms with van der Waals surface area (Å²) in [6.07, 6.45) is 3.42. The van der Waals surface area contributed by atoms with Crippen LogP contribution in [0.4, 0.5) is 15.8 Å². The Morgan fingerprint density at radius 3 is 2.33 bits per heavy atom. The van der Waals surface area contributed by atoms with Gasteiger partial charge in [-0.05, 0) is 66.3 Å². The molecule has 0 radical (unpaired) electrons. The normalized spacial score (nSPS) is 13.5. The van der Waals surface area contributed by atoms with Crippen molar-refractivity contribution in [3.8, 4) is 0 Å². The molecule has 36 heavy (non-hydrogen) atoms. The van der Waals surface area contributed by atoms with Gasteiger partial charge in [-0.3, -0.25) is 14.9 Å². The number of amides is 2. The Kier molecular flexibility index (Phi) is 8.30. The van der Waals surface area contributed by atoms with Crippen LogP contribution in [0, 0.1) is 5.82 Å². The highest BCUT2D eigenvalue weighted by atomic mass is 35.5. The molecule has 0 aromatic heterocycles. The van der Waals surface area contributed by atoms with E-state index in [0.717, 1.165) is 11.3 Å². The van der Waals surface area contributed by atoms with E-state index in [0.29, 0.717) is 36.9 Å². The summed E-state index contributed by atoms with van der Waals surface area (Å²) in [4.78, 5) is 29.0. The Morgan fingerprint density at radius 2 is 1.64 bits per heavy atom. The summed E-state index contributed by atoms with van der Waals surface area (Å²) in [6, 6.07) is 20.3. The molecule has 4 rings (SSSR count). The minimum absolute atomic E-state index is 0.0300. The van der Waals surface area contributed by atoms with Crippen molar-refractivity contribution in [2.45, 2.75) is 0 Å². The topological polar surface area (TPSA) is 64.7 Å². The van der Waals surface area contributed by atoms with Gasteiger partial charge in [0.25, 0.3) is 5.91 Å². The molecule has 3 aromatic carbocycles. The molecule has 1 fully saturated rings. The van der Waals surface area contributed by atoms with Gasteiger partial charge in [0.2, 0.25) is 5.91 Å². The Hall–Kier alpha value is -3.75. The number of carbonyl (C=O) groups excluding carboxylic acids is 2. The molecule has 184 valence electrons. The molecule has 0 saturated carbocycles. The first-order chi connectivity index (χ1) is 17.4. The van der Waals surface area contributed by atoms with Crippen molar-refractivity contribution in [2.24, 2.45) is 0 Å². The molecule has 1 saturated heterocycles. The molecular weight excluding hydrogens is 499 g/mol. The van der Waals surface area contributed by atoms with Crippen molar-refractivity contribution in [3.05, 3.63) is 101 Å². The van der Waals surface area contributed by atoms with Crippen LogP contribution in [-0.4, -0.2) is 48.0 Å². The maximum Gasteiger partial charge on any atom is 0.257 e. The summed E-state index contributed by atoms with van der Waals surface area (Å²) in [7, 11) is 0. The number of nitrogens with zero attached hydrogens (tertiary/aromatic N) is 2. The molecular formula is C27H24ClFN4O2S. The number of anilines is 2. The van der Waals surface area contributed by atoms with Gasteiger partial charge in [0.05, 0.1) is 11.4 Å². The highest BCUT2D eigenvalue weighted by molar-refractivity contribution is 7.80. The standard InChI is InChI=1S/C27H24ClFN4O2S/c28-21-9-12-24(23(18-21)30-27(36)31-26(35)20-7-10-22(29)11-8-20)32-14-16-33(17-15-32)25(34)13-6-19-4-2-1-3-5-19/h1-13,18H,14-17H2,(H2,30,31,35,36)/b13-6+. The van der Waals surface area contributed by atoms with Crippen molar-refractivity contribution in [2.75, 3.05) is 36.4 Å². The van der Waals surface area contributed by atoms with Gasteiger partial charge in [-0.25, -0.2) is 4.39 Å². The Labute approximate surface area is 219 Å². The van der Waals surface area contributed by atoms with E-state index in [1.54, 1.807) is 18.2 Å². The molecule has 1 aliphatic rings. The Balaban J connectivity index is 1.37. The third kappa shape index (κ3) is 6.68. The predicted molar refractivity (Wildman–Crippen MR) is 146 cm³/mol. The maximum atomic E-state index is 13.1. The van der Waals surface area contributed by atoms with Gasteiger partial charge >= 0.3 is 0 Å². The molecule has 0 spiro atoms. The second-order valence-corrected chi connectivity index (χ2v) is 8.98. The van der Waals surface area contributed by atoms with Crippen LogP contribution < -0.4 is 15.5 Å². The number of thiocarbonyl (C=S) groups is 1. The molecule has 2 N–H and O–H groups in total. The zero-order chi connectivity index (χ0) is 25.5. The van der Waals surface area contributed by atoms with Gasteiger partial charge < -0.3 is 15.1 Å². The lowest BCUT2D eigenvalue weighted by Crippen LogP contribution is -2.48. The van der Waals surface area contributed by atoms with Crippen LogP contribution in [0.3, 0.4) is 0 Å². The van der Waals surface area contributed by atoms with Gasteiger partial charge in [-0.1, -0.05) is 41.9 Å². The average Bonchev–Trinajstić information content (AvgIpc) is 2.88. The summed E-state index contributed by atoms with van der Waals surface area (Å²) < 4.78 is 13.1. The van der Waals surface area contributed by atoms with Gasteiger partial charge in [0.1, 0.15) is 5.82 Å². The monoisotopic (exact) mass is 522 g/mol. The van der Waals surface area contributed by atoms with Crippen LogP contribution in [0.25, 0.3) is 6.08 Å². The summed E-state index contributed by atoms with van der Waals surface area (Å²) >= 11 is 11.5. The summed E-state index contributed by atoms with van der Waals surface area (Å²) in [6.45, 7) is 2.36. The number of nitrogens with one attached hydrogen (secondary N) is 2. The first kappa shape index (κ1) is 25.3. The third-order valence-corrected chi connectivity index (χ3v) is 6.13. The van der Waals surface area contributed by atoms with Crippen LogP contribution >= 0.6 is 23.8 Å². The molecule has 0 bridgehead atoms. The lowest BCUT2D eigenvalue weighted by Gasteiger charge is -2.36. The quantitative estimate of drug-likeness (QED) is 0.366. The van der Waals surface area contributed by atoms with E-state index in [-0.39, 0.29) is 16.6 Å². The van der Waals surface area contributed by atoms with Gasteiger partial charge in [-0.15, -0.1) is 0 Å². The largest absolute Gasteiger partial charge is 0.366 e. The minimum Gasteiger partial charge on any atom is -0.366 e. The van der Waals surface area contributed by atoms with Crippen molar-refractivity contribution in [3.63, 3.8) is 0 Å². The molecule has 0 unspecified atom stereocenters. The minimum atomic E-state index is -0.452. The number of piperazine rings is 1. The molecule has 3 aromatic rings. The first-order valence-corrected chi connectivity index (χ1v) is 12.1. The van der Waals surface area contributed by atoms with Crippen LogP contribution in [-0.2, 0) is 4.79 Å². The lowest BCUT2D eigenvalue weighted by atomic mass is 10.2. The molecule has 0 aliphatic carbocycles. The average molecular weight is 523 g/mol. The molecule has 1 heterocycles. The zero-order valence-electron chi connectivity index (χ0n) is 19.3. The van der Waals surface area contributed by atoms with Crippen molar-refractivity contribution >= 4 is 58.2 Å². The van der Waals surface area contributed by atoms with E-state index in [1.165, 1.54) is 24.3 Å². The third-order valence-electron chi connectivity index (χ3n) is 5.69. The van der Waals surface area contributed by atoms with E-state index in [4.69, 9.17) is 23.8 Å². The fourth-order valence-corrected chi connectivity index (χ4v) is 4.19.